The van der Waals surface area contributed by atoms with Gasteiger partial charge in [-0.3, -0.25) is 14.7 Å². The number of nitrogens with zero attached hydrogens (tertiary/aromatic N) is 6. The molecule has 3 aromatic heterocycles. The molecule has 1 aliphatic carbocycles. The molecule has 1 N–H and O–H groups in total. The average Bonchev–Trinajstić information content (AvgIpc) is 3.49. The summed E-state index contributed by atoms with van der Waals surface area (Å²) in [5, 5.41) is 14.3. The van der Waals surface area contributed by atoms with Gasteiger partial charge >= 0.3 is 0 Å². The number of para-hydroxylation sites is 1. The highest BCUT2D eigenvalue weighted by Crippen LogP contribution is 2.34. The summed E-state index contributed by atoms with van der Waals surface area (Å²) in [4.78, 5) is 23.7. The Morgan fingerprint density at radius 3 is 2.59 bits per heavy atom. The second kappa shape index (κ2) is 12.0. The van der Waals surface area contributed by atoms with Crippen LogP contribution in [0.25, 0.3) is 10.9 Å². The van der Waals surface area contributed by atoms with E-state index < -0.39 is 6.04 Å². The van der Waals surface area contributed by atoms with E-state index in [9.17, 15) is 4.79 Å². The lowest BCUT2D eigenvalue weighted by Gasteiger charge is -2.32. The highest BCUT2D eigenvalue weighted by molar-refractivity contribution is 5.82. The van der Waals surface area contributed by atoms with Crippen molar-refractivity contribution in [2.24, 2.45) is 0 Å². The number of fused-ring (bicyclic) bond motifs is 1. The van der Waals surface area contributed by atoms with E-state index in [4.69, 9.17) is 4.74 Å². The number of benzene rings is 2. The van der Waals surface area contributed by atoms with Crippen molar-refractivity contribution in [3.63, 3.8) is 0 Å². The van der Waals surface area contributed by atoms with Crippen LogP contribution in [0.5, 0.6) is 5.75 Å². The van der Waals surface area contributed by atoms with Crippen LogP contribution < -0.4 is 10.3 Å². The number of tetrazole rings is 1. The van der Waals surface area contributed by atoms with Crippen molar-refractivity contribution >= 4 is 10.9 Å². The first-order valence-electron chi connectivity index (χ1n) is 14.3. The summed E-state index contributed by atoms with van der Waals surface area (Å²) in [6, 6.07) is 19.8. The lowest BCUT2D eigenvalue weighted by molar-refractivity contribution is 0.186. The number of hydrogen-bond donors (Lipinski definition) is 1. The number of H-pyrrole nitrogens is 1. The van der Waals surface area contributed by atoms with E-state index in [1.807, 2.05) is 60.3 Å². The van der Waals surface area contributed by atoms with Gasteiger partial charge in [0.2, 0.25) is 0 Å². The molecule has 1 fully saturated rings. The minimum absolute atomic E-state index is 0.138. The lowest BCUT2D eigenvalue weighted by atomic mass is 9.95. The predicted molar refractivity (Wildman–Crippen MR) is 158 cm³/mol. The van der Waals surface area contributed by atoms with Crippen molar-refractivity contribution in [3.05, 3.63) is 111 Å². The molecule has 1 saturated carbocycles. The summed E-state index contributed by atoms with van der Waals surface area (Å²) in [6.07, 6.45) is 9.22. The molecule has 3 heterocycles. The minimum Gasteiger partial charge on any atom is -0.497 e. The molecule has 1 atom stereocenters. The largest absolute Gasteiger partial charge is 0.497 e. The summed E-state index contributed by atoms with van der Waals surface area (Å²) in [5.74, 6) is 1.48. The first-order valence-corrected chi connectivity index (χ1v) is 14.3. The molecule has 1 aliphatic rings. The maximum Gasteiger partial charge on any atom is 0.253 e. The van der Waals surface area contributed by atoms with Gasteiger partial charge in [-0.2, -0.15) is 0 Å². The monoisotopic (exact) mass is 549 g/mol. The van der Waals surface area contributed by atoms with Crippen molar-refractivity contribution in [2.75, 3.05) is 7.11 Å². The Morgan fingerprint density at radius 2 is 1.83 bits per heavy atom. The maximum atomic E-state index is 13.9. The average molecular weight is 550 g/mol. The number of aromatic nitrogens is 6. The Kier molecular flexibility index (Phi) is 7.86. The smallest absolute Gasteiger partial charge is 0.253 e. The zero-order valence-electron chi connectivity index (χ0n) is 23.5. The molecular weight excluding hydrogens is 514 g/mol. The number of ether oxygens (including phenoxy) is 1. The van der Waals surface area contributed by atoms with Gasteiger partial charge in [-0.05, 0) is 76.5 Å². The fourth-order valence-corrected chi connectivity index (χ4v) is 6.00. The van der Waals surface area contributed by atoms with Gasteiger partial charge in [0.25, 0.3) is 5.56 Å². The second-order valence-electron chi connectivity index (χ2n) is 10.9. The quantitative estimate of drug-likeness (QED) is 0.258. The van der Waals surface area contributed by atoms with Crippen molar-refractivity contribution in [3.8, 4) is 5.75 Å². The normalized spacial score (nSPS) is 14.9. The maximum absolute atomic E-state index is 13.9. The van der Waals surface area contributed by atoms with Gasteiger partial charge in [0, 0.05) is 31.0 Å². The molecule has 5 aromatic rings. The van der Waals surface area contributed by atoms with Crippen LogP contribution in [-0.4, -0.2) is 42.2 Å². The van der Waals surface area contributed by atoms with Crippen LogP contribution in [0.4, 0.5) is 0 Å². The minimum atomic E-state index is -0.497. The molecule has 2 aromatic carbocycles. The predicted octanol–water partition coefficient (Wildman–Crippen LogP) is 5.52. The lowest BCUT2D eigenvalue weighted by Crippen LogP contribution is -2.35. The molecule has 9 nitrogen and oxygen atoms in total. The van der Waals surface area contributed by atoms with E-state index in [2.05, 4.69) is 48.6 Å². The van der Waals surface area contributed by atoms with Gasteiger partial charge in [0.15, 0.2) is 5.82 Å². The topological polar surface area (TPSA) is 102 Å². The Hall–Kier alpha value is -4.37. The number of pyridine rings is 2. The summed E-state index contributed by atoms with van der Waals surface area (Å²) in [6.45, 7) is 3.12. The van der Waals surface area contributed by atoms with Crippen LogP contribution in [0.3, 0.4) is 0 Å². The number of aromatic amines is 1. The number of aryl methyl sites for hydroxylation is 1. The molecule has 0 aliphatic heterocycles. The molecule has 0 amide bonds. The summed E-state index contributed by atoms with van der Waals surface area (Å²) < 4.78 is 7.38. The van der Waals surface area contributed by atoms with Gasteiger partial charge in [-0.15, -0.1) is 5.10 Å². The van der Waals surface area contributed by atoms with Crippen molar-refractivity contribution in [1.82, 2.24) is 35.1 Å². The van der Waals surface area contributed by atoms with E-state index in [1.165, 1.54) is 6.42 Å². The van der Waals surface area contributed by atoms with Crippen LogP contribution in [0, 0.1) is 6.92 Å². The van der Waals surface area contributed by atoms with Gasteiger partial charge in [-0.1, -0.05) is 55.7 Å². The highest BCUT2D eigenvalue weighted by Gasteiger charge is 2.33. The number of hydrogen-bond acceptors (Lipinski definition) is 7. The second-order valence-corrected chi connectivity index (χ2v) is 10.9. The SMILES string of the molecule is COc1ccc(CN(Cc2cccnc2)[C@H](c2cc3cccc(C)c3[nH]c2=O)c2nnnn2C2CCCCC2)cc1. The number of methoxy groups -OCH3 is 1. The molecule has 41 heavy (non-hydrogen) atoms. The van der Waals surface area contributed by atoms with Gasteiger partial charge in [0.1, 0.15) is 11.8 Å². The van der Waals surface area contributed by atoms with Crippen LogP contribution in [0.15, 0.2) is 77.9 Å². The molecule has 0 saturated heterocycles. The first-order chi connectivity index (χ1) is 20.1. The molecule has 0 unspecified atom stereocenters. The molecule has 0 spiro atoms. The third-order valence-corrected chi connectivity index (χ3v) is 8.11. The summed E-state index contributed by atoms with van der Waals surface area (Å²) >= 11 is 0. The Balaban J connectivity index is 1.52. The van der Waals surface area contributed by atoms with Gasteiger partial charge < -0.3 is 9.72 Å². The zero-order chi connectivity index (χ0) is 28.2. The molecular formula is C32H35N7O2. The number of nitrogens with one attached hydrogen (secondary N) is 1. The van der Waals surface area contributed by atoms with Crippen molar-refractivity contribution < 1.29 is 4.74 Å². The molecule has 0 bridgehead atoms. The van der Waals surface area contributed by atoms with E-state index in [1.54, 1.807) is 13.3 Å². The number of rotatable bonds is 9. The fourth-order valence-electron chi connectivity index (χ4n) is 6.00. The molecule has 6 rings (SSSR count). The summed E-state index contributed by atoms with van der Waals surface area (Å²) in [5.41, 5.74) is 4.48. The zero-order valence-corrected chi connectivity index (χ0v) is 23.5. The van der Waals surface area contributed by atoms with Gasteiger partial charge in [-0.25, -0.2) is 4.68 Å². The third-order valence-electron chi connectivity index (χ3n) is 8.11. The van der Waals surface area contributed by atoms with E-state index in [-0.39, 0.29) is 11.6 Å². The Morgan fingerprint density at radius 1 is 1.02 bits per heavy atom. The summed E-state index contributed by atoms with van der Waals surface area (Å²) in [7, 11) is 1.67. The van der Waals surface area contributed by atoms with Crippen LogP contribution in [0.2, 0.25) is 0 Å². The Labute approximate surface area is 239 Å². The first kappa shape index (κ1) is 26.8. The van der Waals surface area contributed by atoms with Gasteiger partial charge in [0.05, 0.1) is 18.7 Å². The standard InChI is InChI=1S/C32H35N7O2/c1-22-8-6-10-25-18-28(32(40)34-29(22)25)30(31-35-36-37-39(31)26-11-4-3-5-12-26)38(21-24-9-7-17-33-19-24)20-23-13-15-27(41-2)16-14-23/h6-10,13-19,26,30H,3-5,11-12,20-21H2,1-2H3,(H,34,40)/t30-/m1/s1. The molecule has 0 radical (unpaired) electrons. The van der Waals surface area contributed by atoms with Crippen LogP contribution in [0.1, 0.15) is 72.3 Å². The van der Waals surface area contributed by atoms with E-state index in [0.717, 1.165) is 59.0 Å². The molecule has 210 valence electrons. The fraction of sp³-hybridized carbons (Fsp3) is 0.344. The van der Waals surface area contributed by atoms with E-state index >= 15 is 0 Å². The van der Waals surface area contributed by atoms with Crippen LogP contribution >= 0.6 is 0 Å². The third kappa shape index (κ3) is 5.76. The highest BCUT2D eigenvalue weighted by atomic mass is 16.5. The van der Waals surface area contributed by atoms with Crippen molar-refractivity contribution in [1.29, 1.82) is 0 Å². The van der Waals surface area contributed by atoms with Crippen molar-refractivity contribution in [2.45, 2.75) is 64.2 Å². The Bertz CT molecular complexity index is 1660. The van der Waals surface area contributed by atoms with E-state index in [0.29, 0.717) is 24.5 Å². The van der Waals surface area contributed by atoms with Crippen LogP contribution in [-0.2, 0) is 13.1 Å². The molecule has 9 heteroatoms.